The molecule has 1 saturated heterocycles. The molecule has 1 fully saturated rings. The zero-order valence-corrected chi connectivity index (χ0v) is 15.4. The number of halogens is 1. The first-order valence-corrected chi connectivity index (χ1v) is 9.71. The molecule has 0 bridgehead atoms. The predicted octanol–water partition coefficient (Wildman–Crippen LogP) is 2.11. The summed E-state index contributed by atoms with van der Waals surface area (Å²) in [4.78, 5) is 11.9. The van der Waals surface area contributed by atoms with Crippen LogP contribution in [0.1, 0.15) is 15.9 Å². The van der Waals surface area contributed by atoms with Crippen LogP contribution in [0.4, 0.5) is 10.1 Å². The standard InChI is InChI=1S/C18H19FN2O5S/c1-12-2-5-16(22)15(10-12)20-18(23)13-3-4-14(19)17(11-13)27(24,25)21-6-8-26-9-7-21/h2-5,10-11,22H,6-9H2,1H3,(H,20,23). The maximum absolute atomic E-state index is 14.2. The Morgan fingerprint density at radius 1 is 1.19 bits per heavy atom. The van der Waals surface area contributed by atoms with Crippen molar-refractivity contribution in [1.82, 2.24) is 4.31 Å². The topological polar surface area (TPSA) is 95.9 Å². The molecule has 9 heteroatoms. The Morgan fingerprint density at radius 2 is 1.89 bits per heavy atom. The minimum absolute atomic E-state index is 0.0378. The number of carbonyl (C=O) groups excluding carboxylic acids is 1. The number of morpholine rings is 1. The van der Waals surface area contributed by atoms with Crippen LogP contribution < -0.4 is 5.32 Å². The third-order valence-electron chi connectivity index (χ3n) is 4.18. The second-order valence-corrected chi connectivity index (χ2v) is 8.04. The normalized spacial score (nSPS) is 15.5. The predicted molar refractivity (Wildman–Crippen MR) is 96.8 cm³/mol. The van der Waals surface area contributed by atoms with E-state index >= 15 is 0 Å². The van der Waals surface area contributed by atoms with Crippen molar-refractivity contribution >= 4 is 21.6 Å². The molecule has 1 aliphatic rings. The van der Waals surface area contributed by atoms with Gasteiger partial charge in [0.05, 0.1) is 18.9 Å². The number of hydrogen-bond acceptors (Lipinski definition) is 5. The molecule has 0 saturated carbocycles. The molecule has 0 aromatic heterocycles. The maximum atomic E-state index is 14.2. The maximum Gasteiger partial charge on any atom is 0.255 e. The Morgan fingerprint density at radius 3 is 2.59 bits per heavy atom. The van der Waals surface area contributed by atoms with E-state index in [1.807, 2.05) is 0 Å². The Bertz CT molecular complexity index is 972. The summed E-state index contributed by atoms with van der Waals surface area (Å²) in [6.45, 7) is 2.49. The largest absolute Gasteiger partial charge is 0.506 e. The van der Waals surface area contributed by atoms with E-state index in [0.29, 0.717) is 0 Å². The van der Waals surface area contributed by atoms with E-state index in [2.05, 4.69) is 5.32 Å². The van der Waals surface area contributed by atoms with Gasteiger partial charge in [0.1, 0.15) is 16.5 Å². The third-order valence-corrected chi connectivity index (χ3v) is 6.10. The SMILES string of the molecule is Cc1ccc(O)c(NC(=O)c2ccc(F)c(S(=O)(=O)N3CCOCC3)c2)c1. The summed E-state index contributed by atoms with van der Waals surface area (Å²) in [6, 6.07) is 7.82. The lowest BCUT2D eigenvalue weighted by Crippen LogP contribution is -2.41. The summed E-state index contributed by atoms with van der Waals surface area (Å²) >= 11 is 0. The number of rotatable bonds is 4. The van der Waals surface area contributed by atoms with Gasteiger partial charge in [-0.25, -0.2) is 12.8 Å². The summed E-state index contributed by atoms with van der Waals surface area (Å²) in [5.74, 6) is -1.72. The highest BCUT2D eigenvalue weighted by molar-refractivity contribution is 7.89. The number of hydrogen-bond donors (Lipinski definition) is 2. The van der Waals surface area contributed by atoms with Gasteiger partial charge in [0.2, 0.25) is 10.0 Å². The molecule has 1 heterocycles. The number of amides is 1. The number of carbonyl (C=O) groups is 1. The van der Waals surface area contributed by atoms with E-state index in [-0.39, 0.29) is 43.3 Å². The first-order valence-electron chi connectivity index (χ1n) is 8.27. The Balaban J connectivity index is 1.90. The molecule has 0 unspecified atom stereocenters. The molecule has 3 rings (SSSR count). The molecule has 144 valence electrons. The third kappa shape index (κ3) is 4.10. The van der Waals surface area contributed by atoms with Crippen LogP contribution in [-0.2, 0) is 14.8 Å². The van der Waals surface area contributed by atoms with Crippen LogP contribution in [0.5, 0.6) is 5.75 Å². The van der Waals surface area contributed by atoms with Gasteiger partial charge in [-0.1, -0.05) is 6.07 Å². The average molecular weight is 394 g/mol. The molecule has 27 heavy (non-hydrogen) atoms. The summed E-state index contributed by atoms with van der Waals surface area (Å²) in [5.41, 5.74) is 0.962. The van der Waals surface area contributed by atoms with Gasteiger partial charge in [0, 0.05) is 18.7 Å². The minimum atomic E-state index is -4.09. The van der Waals surface area contributed by atoms with E-state index in [4.69, 9.17) is 4.74 Å². The summed E-state index contributed by atoms with van der Waals surface area (Å²) in [7, 11) is -4.09. The zero-order chi connectivity index (χ0) is 19.6. The van der Waals surface area contributed by atoms with Crippen molar-refractivity contribution in [3.63, 3.8) is 0 Å². The van der Waals surface area contributed by atoms with Gasteiger partial charge in [0.25, 0.3) is 5.91 Å². The average Bonchev–Trinajstić information content (AvgIpc) is 2.65. The first-order chi connectivity index (χ1) is 12.8. The second kappa shape index (κ2) is 7.63. The molecule has 1 aliphatic heterocycles. The van der Waals surface area contributed by atoms with Gasteiger partial charge >= 0.3 is 0 Å². The van der Waals surface area contributed by atoms with Crippen molar-refractivity contribution in [2.45, 2.75) is 11.8 Å². The minimum Gasteiger partial charge on any atom is -0.506 e. The van der Waals surface area contributed by atoms with Gasteiger partial charge in [-0.2, -0.15) is 4.31 Å². The highest BCUT2D eigenvalue weighted by Crippen LogP contribution is 2.26. The van der Waals surface area contributed by atoms with E-state index in [0.717, 1.165) is 22.0 Å². The van der Waals surface area contributed by atoms with Gasteiger partial charge in [-0.3, -0.25) is 4.79 Å². The monoisotopic (exact) mass is 394 g/mol. The highest BCUT2D eigenvalue weighted by Gasteiger charge is 2.29. The van der Waals surface area contributed by atoms with Crippen LogP contribution in [0.25, 0.3) is 0 Å². The molecule has 0 aliphatic carbocycles. The van der Waals surface area contributed by atoms with E-state index in [1.54, 1.807) is 19.1 Å². The lowest BCUT2D eigenvalue weighted by Gasteiger charge is -2.26. The number of phenols is 1. The van der Waals surface area contributed by atoms with Gasteiger partial charge in [-0.15, -0.1) is 0 Å². The fourth-order valence-electron chi connectivity index (χ4n) is 2.71. The second-order valence-electron chi connectivity index (χ2n) is 6.14. The van der Waals surface area contributed by atoms with Crippen molar-refractivity contribution in [2.75, 3.05) is 31.6 Å². The lowest BCUT2D eigenvalue weighted by molar-refractivity contribution is 0.0729. The molecular formula is C18H19FN2O5S. The zero-order valence-electron chi connectivity index (χ0n) is 14.6. The lowest BCUT2D eigenvalue weighted by atomic mass is 10.1. The van der Waals surface area contributed by atoms with Crippen LogP contribution in [0.3, 0.4) is 0 Å². The van der Waals surface area contributed by atoms with Crippen LogP contribution in [-0.4, -0.2) is 50.0 Å². The quantitative estimate of drug-likeness (QED) is 0.775. The van der Waals surface area contributed by atoms with Gasteiger partial charge in [0.15, 0.2) is 0 Å². The van der Waals surface area contributed by atoms with E-state index in [9.17, 15) is 22.7 Å². The molecule has 0 radical (unpaired) electrons. The molecule has 2 aromatic rings. The number of benzene rings is 2. The Labute approximate surface area is 156 Å². The molecule has 2 aromatic carbocycles. The molecule has 7 nitrogen and oxygen atoms in total. The number of aryl methyl sites for hydroxylation is 1. The number of aromatic hydroxyl groups is 1. The highest BCUT2D eigenvalue weighted by atomic mass is 32.2. The van der Waals surface area contributed by atoms with Crippen molar-refractivity contribution in [2.24, 2.45) is 0 Å². The molecule has 0 spiro atoms. The van der Waals surface area contributed by atoms with Crippen molar-refractivity contribution in [3.8, 4) is 5.75 Å². The van der Waals surface area contributed by atoms with Crippen molar-refractivity contribution in [1.29, 1.82) is 0 Å². The summed E-state index contributed by atoms with van der Waals surface area (Å²) < 4.78 is 45.9. The fraction of sp³-hybridized carbons (Fsp3) is 0.278. The van der Waals surface area contributed by atoms with E-state index in [1.165, 1.54) is 12.1 Å². The van der Waals surface area contributed by atoms with Crippen LogP contribution in [0.2, 0.25) is 0 Å². The van der Waals surface area contributed by atoms with E-state index < -0.39 is 26.6 Å². The molecular weight excluding hydrogens is 375 g/mol. The van der Waals surface area contributed by atoms with Gasteiger partial charge < -0.3 is 15.2 Å². The fourth-order valence-corrected chi connectivity index (χ4v) is 4.21. The van der Waals surface area contributed by atoms with Crippen LogP contribution in [0.15, 0.2) is 41.3 Å². The van der Waals surface area contributed by atoms with Crippen molar-refractivity contribution in [3.05, 3.63) is 53.3 Å². The number of phenolic OH excluding ortho intramolecular Hbond substituents is 1. The Kier molecular flexibility index (Phi) is 5.45. The summed E-state index contributed by atoms with van der Waals surface area (Å²) in [5, 5.41) is 12.3. The molecule has 2 N–H and O–H groups in total. The summed E-state index contributed by atoms with van der Waals surface area (Å²) in [6.07, 6.45) is 0. The Hall–Kier alpha value is -2.49. The number of nitrogens with zero attached hydrogens (tertiary/aromatic N) is 1. The van der Waals surface area contributed by atoms with Crippen LogP contribution >= 0.6 is 0 Å². The number of sulfonamides is 1. The number of ether oxygens (including phenoxy) is 1. The molecule has 1 amide bonds. The van der Waals surface area contributed by atoms with Crippen LogP contribution in [0, 0.1) is 12.7 Å². The van der Waals surface area contributed by atoms with Crippen molar-refractivity contribution < 1.29 is 27.4 Å². The number of anilines is 1. The molecule has 0 atom stereocenters. The first kappa shape index (κ1) is 19.3. The number of nitrogens with one attached hydrogen (secondary N) is 1. The smallest absolute Gasteiger partial charge is 0.255 e. The van der Waals surface area contributed by atoms with Gasteiger partial charge in [-0.05, 0) is 42.8 Å².